The first-order valence-electron chi connectivity index (χ1n) is 4.41. The summed E-state index contributed by atoms with van der Waals surface area (Å²) in [5.74, 6) is 0. The normalized spacial score (nSPS) is 10.8. The van der Waals surface area contributed by atoms with E-state index in [1.165, 1.54) is 10.6 Å². The first kappa shape index (κ1) is 9.77. The van der Waals surface area contributed by atoms with Gasteiger partial charge in [0.2, 0.25) is 0 Å². The van der Waals surface area contributed by atoms with E-state index in [0.717, 1.165) is 0 Å². The maximum absolute atomic E-state index is 11.4. The van der Waals surface area contributed by atoms with E-state index in [4.69, 9.17) is 0 Å². The fourth-order valence-electron chi connectivity index (χ4n) is 1.23. The second-order valence-electron chi connectivity index (χ2n) is 3.26. The molecule has 4 nitrogen and oxygen atoms in total. The molecule has 4 heteroatoms. The highest BCUT2D eigenvalue weighted by atomic mass is 16.2. The Morgan fingerprint density at radius 2 is 2.08 bits per heavy atom. The first-order valence-corrected chi connectivity index (χ1v) is 4.41. The van der Waals surface area contributed by atoms with Crippen molar-refractivity contribution in [2.75, 3.05) is 0 Å². The maximum atomic E-state index is 11.4. The molecule has 0 aliphatic carbocycles. The highest BCUT2D eigenvalue weighted by Crippen LogP contribution is 1.94. The topological polar surface area (TPSA) is 54.9 Å². The largest absolute Gasteiger partial charge is 0.328 e. The van der Waals surface area contributed by atoms with Crippen LogP contribution in [0.1, 0.15) is 32.5 Å². The summed E-state index contributed by atoms with van der Waals surface area (Å²) in [6.45, 7) is 5.51. The summed E-state index contributed by atoms with van der Waals surface area (Å²) < 4.78 is 1.21. The molecule has 0 saturated heterocycles. The van der Waals surface area contributed by atoms with Gasteiger partial charge in [-0.05, 0) is 20.3 Å². The van der Waals surface area contributed by atoms with Crippen LogP contribution in [-0.4, -0.2) is 9.55 Å². The number of nitrogens with one attached hydrogen (secondary N) is 1. The van der Waals surface area contributed by atoms with Gasteiger partial charge in [-0.1, -0.05) is 6.92 Å². The van der Waals surface area contributed by atoms with Crippen LogP contribution in [0.3, 0.4) is 0 Å². The predicted molar refractivity (Wildman–Crippen MR) is 51.1 cm³/mol. The van der Waals surface area contributed by atoms with Gasteiger partial charge < -0.3 is 4.98 Å². The summed E-state index contributed by atoms with van der Waals surface area (Å²) >= 11 is 0. The molecule has 0 amide bonds. The van der Waals surface area contributed by atoms with Crippen molar-refractivity contribution in [3.8, 4) is 0 Å². The minimum Gasteiger partial charge on any atom is -0.311 e. The molecule has 1 rings (SSSR count). The second kappa shape index (κ2) is 3.60. The van der Waals surface area contributed by atoms with Crippen molar-refractivity contribution < 1.29 is 0 Å². The number of aromatic nitrogens is 2. The third-order valence-electron chi connectivity index (χ3n) is 1.92. The molecule has 72 valence electrons. The van der Waals surface area contributed by atoms with E-state index in [2.05, 4.69) is 4.98 Å². The van der Waals surface area contributed by atoms with Gasteiger partial charge in [0.15, 0.2) is 0 Å². The van der Waals surface area contributed by atoms with Crippen molar-refractivity contribution in [2.45, 2.75) is 33.2 Å². The Balaban J connectivity index is 3.41. The maximum Gasteiger partial charge on any atom is 0.328 e. The smallest absolute Gasteiger partial charge is 0.311 e. The zero-order valence-electron chi connectivity index (χ0n) is 8.13. The molecule has 0 radical (unpaired) electrons. The SMILES string of the molecule is CCc1cc(=O)n(C(C)C)c(=O)[nH]1. The summed E-state index contributed by atoms with van der Waals surface area (Å²) in [7, 11) is 0. The zero-order chi connectivity index (χ0) is 10.0. The van der Waals surface area contributed by atoms with E-state index in [1.54, 1.807) is 0 Å². The van der Waals surface area contributed by atoms with Crippen molar-refractivity contribution in [2.24, 2.45) is 0 Å². The number of aryl methyl sites for hydroxylation is 1. The monoisotopic (exact) mass is 182 g/mol. The van der Waals surface area contributed by atoms with Crippen LogP contribution < -0.4 is 11.2 Å². The lowest BCUT2D eigenvalue weighted by molar-refractivity contribution is 0.542. The summed E-state index contributed by atoms with van der Waals surface area (Å²) in [5, 5.41) is 0. The Labute approximate surface area is 76.2 Å². The molecule has 0 unspecified atom stereocenters. The van der Waals surface area contributed by atoms with Crippen LogP contribution in [0.15, 0.2) is 15.7 Å². The summed E-state index contributed by atoms with van der Waals surface area (Å²) in [6.07, 6.45) is 0.670. The predicted octanol–water partition coefficient (Wildman–Crippen LogP) is 0.680. The van der Waals surface area contributed by atoms with Gasteiger partial charge in [0, 0.05) is 17.8 Å². The summed E-state index contributed by atoms with van der Waals surface area (Å²) in [6, 6.07) is 1.38. The standard InChI is InChI=1S/C9H14N2O2/c1-4-7-5-8(12)11(6(2)3)9(13)10-7/h5-6H,4H2,1-3H3,(H,10,13). The molecule has 1 N–H and O–H groups in total. The van der Waals surface area contributed by atoms with Crippen molar-refractivity contribution in [3.63, 3.8) is 0 Å². The Morgan fingerprint density at radius 3 is 2.46 bits per heavy atom. The molecular weight excluding hydrogens is 168 g/mol. The van der Waals surface area contributed by atoms with Crippen LogP contribution >= 0.6 is 0 Å². The zero-order valence-corrected chi connectivity index (χ0v) is 8.13. The fraction of sp³-hybridized carbons (Fsp3) is 0.556. The van der Waals surface area contributed by atoms with E-state index >= 15 is 0 Å². The Bertz CT molecular complexity index is 370. The van der Waals surface area contributed by atoms with Crippen LogP contribution in [0.25, 0.3) is 0 Å². The van der Waals surface area contributed by atoms with Crippen LogP contribution in [0.4, 0.5) is 0 Å². The molecular formula is C9H14N2O2. The third kappa shape index (κ3) is 1.88. The number of nitrogens with zero attached hydrogens (tertiary/aromatic N) is 1. The Morgan fingerprint density at radius 1 is 1.46 bits per heavy atom. The average molecular weight is 182 g/mol. The van der Waals surface area contributed by atoms with Crippen LogP contribution in [0.2, 0.25) is 0 Å². The van der Waals surface area contributed by atoms with E-state index in [-0.39, 0.29) is 17.3 Å². The van der Waals surface area contributed by atoms with Gasteiger partial charge >= 0.3 is 5.69 Å². The van der Waals surface area contributed by atoms with Crippen molar-refractivity contribution in [1.29, 1.82) is 0 Å². The van der Waals surface area contributed by atoms with E-state index in [0.29, 0.717) is 12.1 Å². The lowest BCUT2D eigenvalue weighted by atomic mass is 10.3. The number of aromatic amines is 1. The molecule has 1 aromatic heterocycles. The third-order valence-corrected chi connectivity index (χ3v) is 1.92. The minimum atomic E-state index is -0.320. The Hall–Kier alpha value is -1.32. The highest BCUT2D eigenvalue weighted by Gasteiger charge is 2.05. The van der Waals surface area contributed by atoms with Crippen molar-refractivity contribution in [1.82, 2.24) is 9.55 Å². The molecule has 0 fully saturated rings. The van der Waals surface area contributed by atoms with Gasteiger partial charge in [-0.2, -0.15) is 0 Å². The molecule has 0 atom stereocenters. The van der Waals surface area contributed by atoms with Crippen molar-refractivity contribution >= 4 is 0 Å². The fourth-order valence-corrected chi connectivity index (χ4v) is 1.23. The number of rotatable bonds is 2. The molecule has 0 aliphatic heterocycles. The van der Waals surface area contributed by atoms with E-state index in [1.807, 2.05) is 20.8 Å². The molecule has 0 bridgehead atoms. The molecule has 0 aliphatic rings. The van der Waals surface area contributed by atoms with Crippen LogP contribution in [0.5, 0.6) is 0 Å². The van der Waals surface area contributed by atoms with E-state index < -0.39 is 0 Å². The summed E-state index contributed by atoms with van der Waals surface area (Å²) in [4.78, 5) is 25.4. The summed E-state index contributed by atoms with van der Waals surface area (Å²) in [5.41, 5.74) is 0.141. The molecule has 0 spiro atoms. The molecule has 1 heterocycles. The molecule has 13 heavy (non-hydrogen) atoms. The van der Waals surface area contributed by atoms with Gasteiger partial charge in [0.1, 0.15) is 0 Å². The lowest BCUT2D eigenvalue weighted by Crippen LogP contribution is -2.36. The molecule has 0 aromatic carbocycles. The Kier molecular flexibility index (Phi) is 2.70. The van der Waals surface area contributed by atoms with Gasteiger partial charge in [-0.3, -0.25) is 9.36 Å². The minimum absolute atomic E-state index is 0.0952. The van der Waals surface area contributed by atoms with E-state index in [9.17, 15) is 9.59 Å². The lowest BCUT2D eigenvalue weighted by Gasteiger charge is -2.07. The number of hydrogen-bond acceptors (Lipinski definition) is 2. The first-order chi connectivity index (χ1) is 6.06. The molecule has 0 saturated carbocycles. The number of hydrogen-bond donors (Lipinski definition) is 1. The second-order valence-corrected chi connectivity index (χ2v) is 3.26. The quantitative estimate of drug-likeness (QED) is 0.731. The van der Waals surface area contributed by atoms with Crippen LogP contribution in [-0.2, 0) is 6.42 Å². The van der Waals surface area contributed by atoms with Gasteiger partial charge in [-0.15, -0.1) is 0 Å². The van der Waals surface area contributed by atoms with Gasteiger partial charge in [-0.25, -0.2) is 4.79 Å². The highest BCUT2D eigenvalue weighted by molar-refractivity contribution is 4.99. The number of H-pyrrole nitrogens is 1. The van der Waals surface area contributed by atoms with Crippen molar-refractivity contribution in [3.05, 3.63) is 32.6 Å². The average Bonchev–Trinajstić information content (AvgIpc) is 2.02. The van der Waals surface area contributed by atoms with Gasteiger partial charge in [0.25, 0.3) is 5.56 Å². The van der Waals surface area contributed by atoms with Crippen LogP contribution in [0, 0.1) is 0 Å². The molecule has 1 aromatic rings. The van der Waals surface area contributed by atoms with Gasteiger partial charge in [0.05, 0.1) is 0 Å².